The first-order chi connectivity index (χ1) is 18.9. The predicted octanol–water partition coefficient (Wildman–Crippen LogP) is 5.81. The highest BCUT2D eigenvalue weighted by Crippen LogP contribution is 2.49. The quantitative estimate of drug-likeness (QED) is 0.431. The number of rotatable bonds is 8. The molecule has 0 spiro atoms. The van der Waals surface area contributed by atoms with E-state index in [2.05, 4.69) is 11.9 Å². The Morgan fingerprint density at radius 3 is 2.46 bits per heavy atom. The van der Waals surface area contributed by atoms with Crippen molar-refractivity contribution in [1.82, 2.24) is 5.32 Å². The molecule has 0 saturated heterocycles. The van der Waals surface area contributed by atoms with E-state index in [9.17, 15) is 9.59 Å². The monoisotopic (exact) mass is 531 g/mol. The average molecular weight is 532 g/mol. The Hall–Kier alpha value is -3.74. The van der Waals surface area contributed by atoms with Gasteiger partial charge in [0.1, 0.15) is 17.8 Å². The Labute approximate surface area is 230 Å². The molecule has 0 amide bonds. The van der Waals surface area contributed by atoms with Gasteiger partial charge in [0, 0.05) is 34.9 Å². The SMILES string of the molecule is C=C1NC2=C(C(=O)CC(c3ccc(OC)c(OC)c3)C2)C(c2ccccc2OCC)C1C(=O)OC1CCCC1. The summed E-state index contributed by atoms with van der Waals surface area (Å²) >= 11 is 0. The fraction of sp³-hybridized carbons (Fsp3) is 0.438. The van der Waals surface area contributed by atoms with Gasteiger partial charge in [0.15, 0.2) is 17.3 Å². The number of carbonyl (C=O) groups excluding carboxylic acids is 2. The van der Waals surface area contributed by atoms with Crippen LogP contribution in [0, 0.1) is 5.92 Å². The van der Waals surface area contributed by atoms with E-state index in [4.69, 9.17) is 18.9 Å². The molecule has 1 heterocycles. The molecule has 2 aromatic carbocycles. The normalized spacial score (nSPS) is 23.2. The average Bonchev–Trinajstić information content (AvgIpc) is 3.45. The maximum Gasteiger partial charge on any atom is 0.316 e. The summed E-state index contributed by atoms with van der Waals surface area (Å²) in [6, 6.07) is 13.4. The minimum absolute atomic E-state index is 0.00556. The Morgan fingerprint density at radius 1 is 1.00 bits per heavy atom. The van der Waals surface area contributed by atoms with Crippen molar-refractivity contribution in [3.8, 4) is 17.2 Å². The van der Waals surface area contributed by atoms with Crippen LogP contribution in [-0.2, 0) is 14.3 Å². The van der Waals surface area contributed by atoms with Gasteiger partial charge in [-0.15, -0.1) is 0 Å². The maximum atomic E-state index is 14.0. The van der Waals surface area contributed by atoms with Crippen LogP contribution in [0.1, 0.15) is 68.4 Å². The van der Waals surface area contributed by atoms with Crippen LogP contribution in [0.25, 0.3) is 0 Å². The van der Waals surface area contributed by atoms with E-state index < -0.39 is 11.8 Å². The number of hydrogen-bond donors (Lipinski definition) is 1. The van der Waals surface area contributed by atoms with Crippen molar-refractivity contribution < 1.29 is 28.5 Å². The van der Waals surface area contributed by atoms with Gasteiger partial charge < -0.3 is 24.3 Å². The van der Waals surface area contributed by atoms with Crippen LogP contribution >= 0.6 is 0 Å². The van der Waals surface area contributed by atoms with Crippen molar-refractivity contribution in [2.75, 3.05) is 20.8 Å². The molecule has 3 atom stereocenters. The van der Waals surface area contributed by atoms with E-state index in [0.717, 1.165) is 42.5 Å². The minimum Gasteiger partial charge on any atom is -0.494 e. The van der Waals surface area contributed by atoms with E-state index >= 15 is 0 Å². The summed E-state index contributed by atoms with van der Waals surface area (Å²) in [6.45, 7) is 6.67. The number of benzene rings is 2. The Kier molecular flexibility index (Phi) is 7.96. The standard InChI is InChI=1S/C32H37NO6/c1-5-38-26-13-9-8-12-23(26)30-29(32(35)39-22-10-6-7-11-22)19(2)33-24-16-21(17-25(34)31(24)30)20-14-15-27(36-3)28(18-20)37-4/h8-9,12-15,18,21-22,29-30,33H,2,5-7,10-11,16-17H2,1,3-4H3. The van der Waals surface area contributed by atoms with E-state index in [0.29, 0.717) is 48.0 Å². The number of esters is 1. The highest BCUT2D eigenvalue weighted by molar-refractivity contribution is 6.01. The van der Waals surface area contributed by atoms with Crippen LogP contribution in [0.4, 0.5) is 0 Å². The van der Waals surface area contributed by atoms with Crippen LogP contribution in [0.15, 0.2) is 66.0 Å². The van der Waals surface area contributed by atoms with E-state index in [1.165, 1.54) is 0 Å². The summed E-state index contributed by atoms with van der Waals surface area (Å²) in [6.07, 6.45) is 4.71. The molecule has 5 rings (SSSR count). The van der Waals surface area contributed by atoms with Crippen LogP contribution < -0.4 is 19.5 Å². The van der Waals surface area contributed by atoms with Crippen LogP contribution in [0.2, 0.25) is 0 Å². The Bertz CT molecular complexity index is 1290. The molecule has 2 aromatic rings. The molecule has 2 aliphatic carbocycles. The lowest BCUT2D eigenvalue weighted by molar-refractivity contribution is -0.153. The fourth-order valence-corrected chi connectivity index (χ4v) is 6.27. The molecule has 0 radical (unpaired) electrons. The van der Waals surface area contributed by atoms with Gasteiger partial charge in [0.25, 0.3) is 0 Å². The topological polar surface area (TPSA) is 83.1 Å². The third kappa shape index (κ3) is 5.27. The van der Waals surface area contributed by atoms with E-state index in [1.54, 1.807) is 14.2 Å². The second-order valence-electron chi connectivity index (χ2n) is 10.5. The van der Waals surface area contributed by atoms with E-state index in [-0.39, 0.29) is 23.8 Å². The van der Waals surface area contributed by atoms with Crippen molar-refractivity contribution in [1.29, 1.82) is 0 Å². The molecular formula is C32H37NO6. The maximum absolute atomic E-state index is 14.0. The van der Waals surface area contributed by atoms with Crippen molar-refractivity contribution in [2.24, 2.45) is 5.92 Å². The molecule has 7 heteroatoms. The summed E-state index contributed by atoms with van der Waals surface area (Å²) in [5.74, 6) is 0.283. The highest BCUT2D eigenvalue weighted by Gasteiger charge is 2.47. The lowest BCUT2D eigenvalue weighted by atomic mass is 9.68. The molecule has 206 valence electrons. The summed E-state index contributed by atoms with van der Waals surface area (Å²) in [5, 5.41) is 3.37. The first-order valence-electron chi connectivity index (χ1n) is 13.8. The molecule has 1 fully saturated rings. The first kappa shape index (κ1) is 26.9. The van der Waals surface area contributed by atoms with Gasteiger partial charge in [-0.1, -0.05) is 30.8 Å². The molecule has 1 aliphatic heterocycles. The van der Waals surface area contributed by atoms with Gasteiger partial charge in [0.2, 0.25) is 0 Å². The third-order valence-corrected chi connectivity index (χ3v) is 8.11. The van der Waals surface area contributed by atoms with Gasteiger partial charge in [-0.25, -0.2) is 0 Å². The molecule has 3 unspecified atom stereocenters. The van der Waals surface area contributed by atoms with Gasteiger partial charge in [-0.2, -0.15) is 0 Å². The number of methoxy groups -OCH3 is 2. The van der Waals surface area contributed by atoms with Gasteiger partial charge in [0.05, 0.1) is 20.8 Å². The number of nitrogens with one attached hydrogen (secondary N) is 1. The number of carbonyl (C=O) groups is 2. The Balaban J connectivity index is 1.55. The molecule has 1 N–H and O–H groups in total. The molecule has 7 nitrogen and oxygen atoms in total. The number of para-hydroxylation sites is 1. The largest absolute Gasteiger partial charge is 0.494 e. The first-order valence-corrected chi connectivity index (χ1v) is 13.8. The van der Waals surface area contributed by atoms with E-state index in [1.807, 2.05) is 49.4 Å². The summed E-state index contributed by atoms with van der Waals surface area (Å²) in [7, 11) is 3.21. The lowest BCUT2D eigenvalue weighted by Crippen LogP contribution is -2.42. The second-order valence-corrected chi connectivity index (χ2v) is 10.5. The molecule has 39 heavy (non-hydrogen) atoms. The number of hydrogen-bond acceptors (Lipinski definition) is 7. The Morgan fingerprint density at radius 2 is 1.74 bits per heavy atom. The predicted molar refractivity (Wildman–Crippen MR) is 148 cm³/mol. The summed E-state index contributed by atoms with van der Waals surface area (Å²) in [4.78, 5) is 27.7. The number of ketones is 1. The van der Waals surface area contributed by atoms with Gasteiger partial charge in [-0.3, -0.25) is 9.59 Å². The van der Waals surface area contributed by atoms with Crippen molar-refractivity contribution >= 4 is 11.8 Å². The smallest absolute Gasteiger partial charge is 0.316 e. The van der Waals surface area contributed by atoms with Crippen molar-refractivity contribution in [3.05, 3.63) is 77.1 Å². The summed E-state index contributed by atoms with van der Waals surface area (Å²) < 4.78 is 22.9. The number of Topliss-reactive ketones (excluding diaryl/α,β-unsaturated/α-hetero) is 1. The molecular weight excluding hydrogens is 494 g/mol. The van der Waals surface area contributed by atoms with Crippen LogP contribution in [0.5, 0.6) is 17.2 Å². The minimum atomic E-state index is -0.729. The number of allylic oxidation sites excluding steroid dienone is 2. The van der Waals surface area contributed by atoms with Crippen molar-refractivity contribution in [3.63, 3.8) is 0 Å². The highest BCUT2D eigenvalue weighted by atomic mass is 16.5. The molecule has 0 aromatic heterocycles. The van der Waals surface area contributed by atoms with Gasteiger partial charge in [-0.05, 0) is 68.7 Å². The van der Waals surface area contributed by atoms with Crippen molar-refractivity contribution in [2.45, 2.75) is 63.4 Å². The van der Waals surface area contributed by atoms with Crippen LogP contribution in [0.3, 0.4) is 0 Å². The molecule has 3 aliphatic rings. The number of ether oxygens (including phenoxy) is 4. The zero-order valence-corrected chi connectivity index (χ0v) is 23.0. The molecule has 1 saturated carbocycles. The zero-order chi connectivity index (χ0) is 27.5. The summed E-state index contributed by atoms with van der Waals surface area (Å²) in [5.41, 5.74) is 3.78. The molecule has 0 bridgehead atoms. The zero-order valence-electron chi connectivity index (χ0n) is 23.0. The fourth-order valence-electron chi connectivity index (χ4n) is 6.27. The lowest BCUT2D eigenvalue weighted by Gasteiger charge is -2.40. The second kappa shape index (κ2) is 11.6. The third-order valence-electron chi connectivity index (χ3n) is 8.11. The van der Waals surface area contributed by atoms with Gasteiger partial charge >= 0.3 is 5.97 Å². The van der Waals surface area contributed by atoms with Crippen LogP contribution in [-0.4, -0.2) is 38.7 Å².